The van der Waals surface area contributed by atoms with Crippen LogP contribution in [-0.2, 0) is 6.42 Å². The summed E-state index contributed by atoms with van der Waals surface area (Å²) >= 11 is 0. The van der Waals surface area contributed by atoms with Gasteiger partial charge in [-0.05, 0) is 37.5 Å². The number of rotatable bonds is 5. The Hall–Kier alpha value is -2.16. The van der Waals surface area contributed by atoms with E-state index < -0.39 is 5.82 Å². The maximum absolute atomic E-state index is 13.5. The fourth-order valence-electron chi connectivity index (χ4n) is 2.05. The molecule has 3 heteroatoms. The Bertz CT molecular complexity index is 581. The Morgan fingerprint density at radius 1 is 1.15 bits per heavy atom. The van der Waals surface area contributed by atoms with E-state index in [-0.39, 0.29) is 11.5 Å². The van der Waals surface area contributed by atoms with Gasteiger partial charge in [0.2, 0.25) is 0 Å². The van der Waals surface area contributed by atoms with Crippen molar-refractivity contribution in [2.45, 2.75) is 19.8 Å². The molecule has 1 amide bonds. The summed E-state index contributed by atoms with van der Waals surface area (Å²) in [5.41, 5.74) is 2.23. The largest absolute Gasteiger partial charge is 0.352 e. The number of carbonyl (C=O) groups excluding carboxylic acids is 1. The Labute approximate surface area is 118 Å². The van der Waals surface area contributed by atoms with Crippen LogP contribution in [0.3, 0.4) is 0 Å². The van der Waals surface area contributed by atoms with Crippen molar-refractivity contribution < 1.29 is 9.18 Å². The van der Waals surface area contributed by atoms with E-state index in [1.165, 1.54) is 11.6 Å². The molecule has 0 heterocycles. The number of benzene rings is 2. The van der Waals surface area contributed by atoms with Crippen LogP contribution in [0.1, 0.15) is 27.9 Å². The second-order valence-corrected chi connectivity index (χ2v) is 4.83. The second kappa shape index (κ2) is 6.85. The molecule has 104 valence electrons. The molecule has 2 nitrogen and oxygen atoms in total. The Balaban J connectivity index is 1.82. The van der Waals surface area contributed by atoms with Crippen LogP contribution in [0.5, 0.6) is 0 Å². The highest BCUT2D eigenvalue weighted by molar-refractivity contribution is 5.94. The quantitative estimate of drug-likeness (QED) is 0.829. The summed E-state index contributed by atoms with van der Waals surface area (Å²) in [7, 11) is 0. The highest BCUT2D eigenvalue weighted by Gasteiger charge is 2.10. The van der Waals surface area contributed by atoms with Crippen molar-refractivity contribution in [1.29, 1.82) is 0 Å². The molecule has 0 fully saturated rings. The number of amides is 1. The summed E-state index contributed by atoms with van der Waals surface area (Å²) < 4.78 is 13.5. The Morgan fingerprint density at radius 2 is 1.90 bits per heavy atom. The van der Waals surface area contributed by atoms with Crippen LogP contribution in [0.15, 0.2) is 48.5 Å². The lowest BCUT2D eigenvalue weighted by molar-refractivity contribution is 0.0949. The molecule has 2 aromatic carbocycles. The highest BCUT2D eigenvalue weighted by atomic mass is 19.1. The van der Waals surface area contributed by atoms with E-state index >= 15 is 0 Å². The van der Waals surface area contributed by atoms with Crippen LogP contribution >= 0.6 is 0 Å². The van der Waals surface area contributed by atoms with Crippen LogP contribution in [0, 0.1) is 12.7 Å². The number of hydrogen-bond acceptors (Lipinski definition) is 1. The first-order valence-corrected chi connectivity index (χ1v) is 6.75. The average molecular weight is 271 g/mol. The molecule has 2 aromatic rings. The third kappa shape index (κ3) is 3.92. The van der Waals surface area contributed by atoms with E-state index in [1.807, 2.05) is 25.1 Å². The van der Waals surface area contributed by atoms with Gasteiger partial charge in [0.05, 0.1) is 5.56 Å². The van der Waals surface area contributed by atoms with Crippen molar-refractivity contribution >= 4 is 5.91 Å². The van der Waals surface area contributed by atoms with E-state index in [0.717, 1.165) is 18.4 Å². The monoisotopic (exact) mass is 271 g/mol. The molecule has 0 aliphatic carbocycles. The summed E-state index contributed by atoms with van der Waals surface area (Å²) in [5.74, 6) is -0.824. The fourth-order valence-corrected chi connectivity index (χ4v) is 2.05. The zero-order valence-corrected chi connectivity index (χ0v) is 11.5. The molecule has 20 heavy (non-hydrogen) atoms. The van der Waals surface area contributed by atoms with E-state index in [1.54, 1.807) is 12.1 Å². The van der Waals surface area contributed by atoms with Gasteiger partial charge < -0.3 is 5.32 Å². The van der Waals surface area contributed by atoms with Gasteiger partial charge in [0.25, 0.3) is 5.91 Å². The highest BCUT2D eigenvalue weighted by Crippen LogP contribution is 2.10. The SMILES string of the molecule is Cc1ccc(F)c(C(=O)NCCCc2ccccc2)c1. The van der Waals surface area contributed by atoms with Gasteiger partial charge in [-0.2, -0.15) is 0 Å². The van der Waals surface area contributed by atoms with Gasteiger partial charge in [0.1, 0.15) is 5.82 Å². The topological polar surface area (TPSA) is 29.1 Å². The lowest BCUT2D eigenvalue weighted by atomic mass is 10.1. The number of halogens is 1. The van der Waals surface area contributed by atoms with Gasteiger partial charge in [-0.3, -0.25) is 4.79 Å². The molecule has 0 aliphatic rings. The predicted molar refractivity (Wildman–Crippen MR) is 78.2 cm³/mol. The second-order valence-electron chi connectivity index (χ2n) is 4.83. The van der Waals surface area contributed by atoms with Crippen LogP contribution < -0.4 is 5.32 Å². The first-order valence-electron chi connectivity index (χ1n) is 6.75. The van der Waals surface area contributed by atoms with E-state index in [4.69, 9.17) is 0 Å². The predicted octanol–water partition coefficient (Wildman–Crippen LogP) is 3.50. The summed E-state index contributed by atoms with van der Waals surface area (Å²) in [6.07, 6.45) is 1.74. The molecule has 0 radical (unpaired) electrons. The smallest absolute Gasteiger partial charge is 0.254 e. The minimum absolute atomic E-state index is 0.115. The third-order valence-electron chi connectivity index (χ3n) is 3.14. The minimum atomic E-state index is -0.476. The number of aryl methyl sites for hydroxylation is 2. The molecule has 0 saturated heterocycles. The van der Waals surface area contributed by atoms with Crippen LogP contribution in [0.25, 0.3) is 0 Å². The minimum Gasteiger partial charge on any atom is -0.352 e. The molecule has 0 atom stereocenters. The number of carbonyl (C=O) groups is 1. The van der Waals surface area contributed by atoms with Gasteiger partial charge in [-0.15, -0.1) is 0 Å². The van der Waals surface area contributed by atoms with E-state index in [0.29, 0.717) is 6.54 Å². The average Bonchev–Trinajstić information content (AvgIpc) is 2.47. The summed E-state index contributed by atoms with van der Waals surface area (Å²) in [6, 6.07) is 14.6. The molecule has 0 saturated carbocycles. The fraction of sp³-hybridized carbons (Fsp3) is 0.235. The van der Waals surface area contributed by atoms with Crippen LogP contribution in [0.2, 0.25) is 0 Å². The lowest BCUT2D eigenvalue weighted by Crippen LogP contribution is -2.25. The van der Waals surface area contributed by atoms with Crippen LogP contribution in [0.4, 0.5) is 4.39 Å². The molecular formula is C17H18FNO. The molecule has 0 unspecified atom stereocenters. The molecule has 0 aliphatic heterocycles. The summed E-state index contributed by atoms with van der Waals surface area (Å²) in [4.78, 5) is 11.9. The van der Waals surface area contributed by atoms with Gasteiger partial charge in [0.15, 0.2) is 0 Å². The standard InChI is InChI=1S/C17H18FNO/c1-13-9-10-16(18)15(12-13)17(20)19-11-5-8-14-6-3-2-4-7-14/h2-4,6-7,9-10,12H,5,8,11H2,1H3,(H,19,20). The Kier molecular flexibility index (Phi) is 4.88. The first-order chi connectivity index (χ1) is 9.66. The molecule has 1 N–H and O–H groups in total. The van der Waals surface area contributed by atoms with Gasteiger partial charge in [-0.25, -0.2) is 4.39 Å². The van der Waals surface area contributed by atoms with Crippen molar-refractivity contribution in [1.82, 2.24) is 5.32 Å². The van der Waals surface area contributed by atoms with Gasteiger partial charge >= 0.3 is 0 Å². The van der Waals surface area contributed by atoms with Crippen molar-refractivity contribution in [3.63, 3.8) is 0 Å². The van der Waals surface area contributed by atoms with Crippen molar-refractivity contribution in [3.05, 3.63) is 71.0 Å². The molecule has 0 spiro atoms. The molecule has 2 rings (SSSR count). The third-order valence-corrected chi connectivity index (χ3v) is 3.14. The zero-order valence-electron chi connectivity index (χ0n) is 11.5. The number of hydrogen-bond donors (Lipinski definition) is 1. The lowest BCUT2D eigenvalue weighted by Gasteiger charge is -2.07. The molecule has 0 aromatic heterocycles. The van der Waals surface area contributed by atoms with E-state index in [2.05, 4.69) is 17.4 Å². The molecular weight excluding hydrogens is 253 g/mol. The Morgan fingerprint density at radius 3 is 2.65 bits per heavy atom. The maximum Gasteiger partial charge on any atom is 0.254 e. The summed E-state index contributed by atoms with van der Waals surface area (Å²) in [6.45, 7) is 2.38. The zero-order chi connectivity index (χ0) is 14.4. The van der Waals surface area contributed by atoms with E-state index in [9.17, 15) is 9.18 Å². The number of nitrogens with one attached hydrogen (secondary N) is 1. The van der Waals surface area contributed by atoms with Gasteiger partial charge in [-0.1, -0.05) is 42.0 Å². The first kappa shape index (κ1) is 14.3. The molecule has 0 bridgehead atoms. The van der Waals surface area contributed by atoms with Crippen LogP contribution in [-0.4, -0.2) is 12.5 Å². The van der Waals surface area contributed by atoms with Crippen molar-refractivity contribution in [3.8, 4) is 0 Å². The maximum atomic E-state index is 13.5. The normalized spacial score (nSPS) is 10.3. The van der Waals surface area contributed by atoms with Crippen molar-refractivity contribution in [2.75, 3.05) is 6.54 Å². The van der Waals surface area contributed by atoms with Crippen molar-refractivity contribution in [2.24, 2.45) is 0 Å². The van der Waals surface area contributed by atoms with Gasteiger partial charge in [0, 0.05) is 6.54 Å². The summed E-state index contributed by atoms with van der Waals surface area (Å²) in [5, 5.41) is 2.76.